The number of rotatable bonds is 13. The number of hydrogen-bond donors (Lipinski definition) is 6. The lowest BCUT2D eigenvalue weighted by Gasteiger charge is -2.14. The molecule has 0 saturated carbocycles. The number of anilines is 2. The van der Waals surface area contributed by atoms with E-state index >= 15 is 0 Å². The van der Waals surface area contributed by atoms with Gasteiger partial charge in [0.25, 0.3) is 0 Å². The maximum absolute atomic E-state index is 12.4. The fourth-order valence-corrected chi connectivity index (χ4v) is 3.24. The minimum absolute atomic E-state index is 0.0420. The number of ether oxygens (including phenoxy) is 1. The Balaban J connectivity index is 1.70. The normalized spacial score (nSPS) is 11.1. The number of carboxylic acid groups (broad SMARTS) is 1. The van der Waals surface area contributed by atoms with Crippen LogP contribution in [-0.2, 0) is 16.0 Å². The molecule has 0 aliphatic heterocycles. The molecule has 5 amide bonds. The number of hydrogen-bond acceptors (Lipinski definition) is 5. The van der Waals surface area contributed by atoms with E-state index in [1.165, 1.54) is 14.0 Å². The number of para-hydroxylation sites is 1. The minimum Gasteiger partial charge on any atom is -0.495 e. The van der Waals surface area contributed by atoms with Crippen molar-refractivity contribution in [3.8, 4) is 5.75 Å². The average molecular weight is 514 g/mol. The zero-order valence-corrected chi connectivity index (χ0v) is 21.3. The number of carbonyl (C=O) groups is 4. The van der Waals surface area contributed by atoms with Gasteiger partial charge in [0.05, 0.1) is 18.7 Å². The summed E-state index contributed by atoms with van der Waals surface area (Å²) in [6, 6.07) is 12.0. The van der Waals surface area contributed by atoms with Crippen LogP contribution in [-0.4, -0.2) is 55.8 Å². The molecule has 1 unspecified atom stereocenters. The van der Waals surface area contributed by atoms with Gasteiger partial charge >= 0.3 is 18.0 Å². The number of benzene rings is 2. The smallest absolute Gasteiger partial charge is 0.323 e. The Bertz CT molecular complexity index is 1090. The summed E-state index contributed by atoms with van der Waals surface area (Å²) in [7, 11) is 1.51. The third-order valence-electron chi connectivity index (χ3n) is 5.50. The highest BCUT2D eigenvalue weighted by molar-refractivity contribution is 6.01. The SMILES string of the molecule is COc1cc(CCC(=O)NCCCNC(=O)NCC(C)C(=O)O)ccc1NC(=O)Nc1ccccc1C. The van der Waals surface area contributed by atoms with Crippen molar-refractivity contribution < 1.29 is 29.0 Å². The molecule has 2 rings (SSSR count). The second kappa shape index (κ2) is 15.0. The van der Waals surface area contributed by atoms with Gasteiger partial charge in [0.1, 0.15) is 5.75 Å². The first-order chi connectivity index (χ1) is 17.7. The van der Waals surface area contributed by atoms with E-state index in [1.54, 1.807) is 12.1 Å². The van der Waals surface area contributed by atoms with Crippen molar-refractivity contribution in [2.24, 2.45) is 5.92 Å². The van der Waals surface area contributed by atoms with Crippen molar-refractivity contribution >= 4 is 35.3 Å². The van der Waals surface area contributed by atoms with Gasteiger partial charge in [-0.2, -0.15) is 0 Å². The van der Waals surface area contributed by atoms with E-state index < -0.39 is 17.9 Å². The van der Waals surface area contributed by atoms with Crippen LogP contribution in [0.4, 0.5) is 21.0 Å². The van der Waals surface area contributed by atoms with Crippen LogP contribution in [0.3, 0.4) is 0 Å². The number of amides is 5. The van der Waals surface area contributed by atoms with Gasteiger partial charge in [-0.25, -0.2) is 9.59 Å². The summed E-state index contributed by atoms with van der Waals surface area (Å²) in [4.78, 5) is 46.9. The summed E-state index contributed by atoms with van der Waals surface area (Å²) >= 11 is 0. The molecule has 11 heteroatoms. The van der Waals surface area contributed by atoms with Crippen molar-refractivity contribution in [2.45, 2.75) is 33.1 Å². The van der Waals surface area contributed by atoms with Crippen LogP contribution in [0.15, 0.2) is 42.5 Å². The Labute approximate surface area is 216 Å². The molecule has 0 heterocycles. The van der Waals surface area contributed by atoms with Gasteiger partial charge in [0.15, 0.2) is 0 Å². The maximum atomic E-state index is 12.4. The molecular weight excluding hydrogens is 478 g/mol. The number of urea groups is 2. The van der Waals surface area contributed by atoms with E-state index in [9.17, 15) is 19.2 Å². The highest BCUT2D eigenvalue weighted by Gasteiger charge is 2.12. The number of methoxy groups -OCH3 is 1. The molecule has 0 bridgehead atoms. The first kappa shape index (κ1) is 29.0. The van der Waals surface area contributed by atoms with Crippen LogP contribution in [0.2, 0.25) is 0 Å². The van der Waals surface area contributed by atoms with E-state index in [0.29, 0.717) is 43.1 Å². The summed E-state index contributed by atoms with van der Waals surface area (Å²) in [6.07, 6.45) is 1.29. The monoisotopic (exact) mass is 513 g/mol. The molecule has 0 fully saturated rings. The molecule has 0 radical (unpaired) electrons. The largest absolute Gasteiger partial charge is 0.495 e. The van der Waals surface area contributed by atoms with E-state index in [1.807, 2.05) is 37.3 Å². The lowest BCUT2D eigenvalue weighted by atomic mass is 10.1. The lowest BCUT2D eigenvalue weighted by molar-refractivity contribution is -0.140. The Morgan fingerprint density at radius 3 is 2.32 bits per heavy atom. The second-order valence-corrected chi connectivity index (χ2v) is 8.51. The molecule has 0 saturated heterocycles. The molecule has 2 aromatic rings. The van der Waals surface area contributed by atoms with Crippen molar-refractivity contribution in [2.75, 3.05) is 37.4 Å². The first-order valence-electron chi connectivity index (χ1n) is 12.0. The Kier molecular flexibility index (Phi) is 11.7. The topological polar surface area (TPSA) is 158 Å². The van der Waals surface area contributed by atoms with Gasteiger partial charge in [-0.15, -0.1) is 0 Å². The summed E-state index contributed by atoms with van der Waals surface area (Å²) < 4.78 is 5.41. The third-order valence-corrected chi connectivity index (χ3v) is 5.50. The molecule has 0 aliphatic carbocycles. The molecule has 0 aromatic heterocycles. The Hall–Kier alpha value is -4.28. The fourth-order valence-electron chi connectivity index (χ4n) is 3.24. The number of aliphatic carboxylic acids is 1. The average Bonchev–Trinajstić information content (AvgIpc) is 2.87. The van der Waals surface area contributed by atoms with Crippen molar-refractivity contribution in [3.63, 3.8) is 0 Å². The minimum atomic E-state index is -0.977. The highest BCUT2D eigenvalue weighted by Crippen LogP contribution is 2.26. The molecule has 200 valence electrons. The summed E-state index contributed by atoms with van der Waals surface area (Å²) in [5, 5.41) is 22.3. The van der Waals surface area contributed by atoms with Gasteiger partial charge < -0.3 is 36.4 Å². The Morgan fingerprint density at radius 2 is 1.62 bits per heavy atom. The van der Waals surface area contributed by atoms with Crippen molar-refractivity contribution in [3.05, 3.63) is 53.6 Å². The van der Waals surface area contributed by atoms with Crippen molar-refractivity contribution in [1.29, 1.82) is 0 Å². The van der Waals surface area contributed by atoms with E-state index in [2.05, 4.69) is 26.6 Å². The molecule has 0 aliphatic rings. The number of aryl methyl sites for hydroxylation is 2. The van der Waals surface area contributed by atoms with E-state index in [-0.39, 0.29) is 24.9 Å². The van der Waals surface area contributed by atoms with Crippen LogP contribution >= 0.6 is 0 Å². The molecule has 1 atom stereocenters. The maximum Gasteiger partial charge on any atom is 0.323 e. The van der Waals surface area contributed by atoms with E-state index in [4.69, 9.17) is 9.84 Å². The van der Waals surface area contributed by atoms with Crippen LogP contribution in [0.5, 0.6) is 5.75 Å². The highest BCUT2D eigenvalue weighted by atomic mass is 16.5. The standard InChI is InChI=1S/C26H35N5O6/c1-17-7-4-5-8-20(17)30-26(36)31-21-11-9-19(15-22(21)37-3)10-12-23(32)27-13-6-14-28-25(35)29-16-18(2)24(33)34/h4-5,7-9,11,15,18H,6,10,12-14,16H2,1-3H3,(H,27,32)(H,33,34)(H2,28,29,35)(H2,30,31,36). The summed E-state index contributed by atoms with van der Waals surface area (Å²) in [6.45, 7) is 4.19. The van der Waals surface area contributed by atoms with Crippen molar-refractivity contribution in [1.82, 2.24) is 16.0 Å². The van der Waals surface area contributed by atoms with Gasteiger partial charge in [0.2, 0.25) is 5.91 Å². The zero-order chi connectivity index (χ0) is 27.2. The quantitative estimate of drug-likeness (QED) is 0.226. The van der Waals surface area contributed by atoms with Crippen LogP contribution in [0, 0.1) is 12.8 Å². The van der Waals surface area contributed by atoms with Crippen LogP contribution < -0.4 is 31.3 Å². The Morgan fingerprint density at radius 1 is 0.919 bits per heavy atom. The van der Waals surface area contributed by atoms with Gasteiger partial charge in [0, 0.05) is 31.7 Å². The fraction of sp³-hybridized carbons (Fsp3) is 0.385. The predicted octanol–water partition coefficient (Wildman–Crippen LogP) is 3.11. The number of nitrogens with one attached hydrogen (secondary N) is 5. The zero-order valence-electron chi connectivity index (χ0n) is 21.3. The van der Waals surface area contributed by atoms with E-state index in [0.717, 1.165) is 11.1 Å². The van der Waals surface area contributed by atoms with Gasteiger partial charge in [-0.1, -0.05) is 31.2 Å². The van der Waals surface area contributed by atoms with Crippen LogP contribution in [0.1, 0.15) is 30.9 Å². The third kappa shape index (κ3) is 10.5. The number of carbonyl (C=O) groups excluding carboxylic acids is 3. The molecule has 37 heavy (non-hydrogen) atoms. The van der Waals surface area contributed by atoms with Gasteiger partial charge in [-0.3, -0.25) is 9.59 Å². The molecular formula is C26H35N5O6. The second-order valence-electron chi connectivity index (χ2n) is 8.51. The summed E-state index contributed by atoms with van der Waals surface area (Å²) in [5.41, 5.74) is 3.05. The molecule has 6 N–H and O–H groups in total. The summed E-state index contributed by atoms with van der Waals surface area (Å²) in [5.74, 6) is -1.28. The molecule has 2 aromatic carbocycles. The predicted molar refractivity (Wildman–Crippen MR) is 141 cm³/mol. The van der Waals surface area contributed by atoms with Gasteiger partial charge in [-0.05, 0) is 49.1 Å². The molecule has 0 spiro atoms. The first-order valence-corrected chi connectivity index (χ1v) is 12.0. The number of carboxylic acids is 1. The van der Waals surface area contributed by atoms with Crippen LogP contribution in [0.25, 0.3) is 0 Å². The lowest BCUT2D eigenvalue weighted by Crippen LogP contribution is -2.40. The molecule has 11 nitrogen and oxygen atoms in total.